The molecule has 1 aliphatic heterocycles. The normalized spacial score (nSPS) is 19.5. The molecule has 1 aliphatic rings. The lowest BCUT2D eigenvalue weighted by molar-refractivity contribution is -0.136. The summed E-state index contributed by atoms with van der Waals surface area (Å²) in [5.74, 6) is 0.156. The zero-order chi connectivity index (χ0) is 5.98. The summed E-state index contributed by atoms with van der Waals surface area (Å²) in [4.78, 5) is 22.8. The molecule has 0 aromatic carbocycles. The van der Waals surface area contributed by atoms with Gasteiger partial charge in [-0.3, -0.25) is 9.59 Å². The molecule has 0 aromatic rings. The first-order chi connectivity index (χ1) is 3.84. The van der Waals surface area contributed by atoms with Crippen LogP contribution in [0.2, 0.25) is 0 Å². The maximum Gasteiger partial charge on any atom is 0.255 e. The van der Waals surface area contributed by atoms with Gasteiger partial charge in [-0.1, -0.05) is 11.9 Å². The Bertz CT molecular complexity index is 126. The van der Waals surface area contributed by atoms with Gasteiger partial charge in [-0.2, -0.15) is 4.83 Å². The molecule has 1 fully saturated rings. The lowest BCUT2D eigenvalue weighted by Crippen LogP contribution is -2.30. The molecule has 5 heteroatoms. The van der Waals surface area contributed by atoms with E-state index in [1.54, 1.807) is 0 Å². The monoisotopic (exact) mass is 132 g/mol. The van der Waals surface area contributed by atoms with Crippen molar-refractivity contribution in [1.82, 2.24) is 9.84 Å². The van der Waals surface area contributed by atoms with E-state index < -0.39 is 0 Å². The average molecular weight is 132 g/mol. The number of imide groups is 1. The molecule has 8 heavy (non-hydrogen) atoms. The van der Waals surface area contributed by atoms with E-state index in [1.807, 2.05) is 0 Å². The summed E-state index contributed by atoms with van der Waals surface area (Å²) < 4.78 is 0. The third kappa shape index (κ3) is 0.823. The van der Waals surface area contributed by atoms with E-state index in [-0.39, 0.29) is 5.91 Å². The predicted octanol–water partition coefficient (Wildman–Crippen LogP) is -0.862. The van der Waals surface area contributed by atoms with Crippen LogP contribution >= 0.6 is 11.9 Å². The number of nitrogens with one attached hydrogen (secondary N) is 1. The molecule has 1 heterocycles. The molecule has 0 bridgehead atoms. The topological polar surface area (TPSA) is 49.4 Å². The van der Waals surface area contributed by atoms with Crippen LogP contribution in [0.3, 0.4) is 0 Å². The minimum atomic E-state index is -0.190. The highest BCUT2D eigenvalue weighted by Gasteiger charge is 2.18. The van der Waals surface area contributed by atoms with Gasteiger partial charge in [0.1, 0.15) is 0 Å². The summed E-state index contributed by atoms with van der Waals surface area (Å²) in [6.07, 6.45) is 0.461. The Hall–Kier alpha value is -0.550. The number of carbonyl (C=O) groups is 2. The van der Waals surface area contributed by atoms with E-state index in [0.717, 1.165) is 5.01 Å². The van der Waals surface area contributed by atoms with Crippen molar-refractivity contribution in [2.24, 2.45) is 0 Å². The van der Waals surface area contributed by atoms with Gasteiger partial charge < -0.3 is 0 Å². The van der Waals surface area contributed by atoms with Gasteiger partial charge in [0.15, 0.2) is 0 Å². The highest BCUT2D eigenvalue weighted by molar-refractivity contribution is 7.98. The second-order valence-corrected chi connectivity index (χ2v) is 2.01. The molecule has 0 unspecified atom stereocenters. The highest BCUT2D eigenvalue weighted by atomic mass is 32.2. The van der Waals surface area contributed by atoms with Crippen molar-refractivity contribution in [3.05, 3.63) is 0 Å². The zero-order valence-electron chi connectivity index (χ0n) is 3.96. The lowest BCUT2D eigenvalue weighted by atomic mass is 10.7. The van der Waals surface area contributed by atoms with Crippen LogP contribution in [0.25, 0.3) is 0 Å². The molecule has 1 rings (SSSR count). The first-order valence-corrected chi connectivity index (χ1v) is 2.98. The Kier molecular flexibility index (Phi) is 1.50. The molecule has 44 valence electrons. The number of hydrogen-bond donors (Lipinski definition) is 1. The van der Waals surface area contributed by atoms with Crippen LogP contribution in [0, 0.1) is 0 Å². The van der Waals surface area contributed by atoms with Crippen molar-refractivity contribution >= 4 is 24.3 Å². The summed E-state index contributed by atoms with van der Waals surface area (Å²) in [5.41, 5.74) is 0. The Morgan fingerprint density at radius 3 is 2.88 bits per heavy atom. The van der Waals surface area contributed by atoms with Crippen molar-refractivity contribution in [2.45, 2.75) is 0 Å². The van der Waals surface area contributed by atoms with Crippen molar-refractivity contribution in [1.29, 1.82) is 0 Å². The molecule has 0 radical (unpaired) electrons. The minimum Gasteiger partial charge on any atom is -0.277 e. The van der Waals surface area contributed by atoms with Gasteiger partial charge >= 0.3 is 0 Å². The first-order valence-electron chi connectivity index (χ1n) is 1.99. The second kappa shape index (κ2) is 2.15. The molecule has 0 aliphatic carbocycles. The van der Waals surface area contributed by atoms with Crippen LogP contribution in [0.1, 0.15) is 0 Å². The molecule has 0 saturated carbocycles. The molecule has 0 atom stereocenters. The third-order valence-corrected chi connectivity index (χ3v) is 1.45. The molecular weight excluding hydrogens is 128 g/mol. The van der Waals surface area contributed by atoms with Gasteiger partial charge in [0.05, 0.1) is 5.75 Å². The molecule has 0 spiro atoms. The largest absolute Gasteiger partial charge is 0.277 e. The fourth-order valence-corrected chi connectivity index (χ4v) is 0.975. The summed E-state index contributed by atoms with van der Waals surface area (Å²) >= 11 is 1.21. The van der Waals surface area contributed by atoms with Gasteiger partial charge in [-0.05, 0) is 0 Å². The summed E-state index contributed by atoms with van der Waals surface area (Å²) in [6.45, 7) is 0. The predicted molar refractivity (Wildman–Crippen MR) is 28.5 cm³/mol. The van der Waals surface area contributed by atoms with E-state index in [4.69, 9.17) is 0 Å². The maximum absolute atomic E-state index is 10.4. The Balaban J connectivity index is 2.54. The van der Waals surface area contributed by atoms with Crippen LogP contribution in [0.15, 0.2) is 0 Å². The van der Waals surface area contributed by atoms with Crippen molar-refractivity contribution in [3.8, 4) is 0 Å². The zero-order valence-corrected chi connectivity index (χ0v) is 4.77. The highest BCUT2D eigenvalue weighted by Crippen LogP contribution is 2.04. The fraction of sp³-hybridized carbons (Fsp3) is 0.333. The fourth-order valence-electron chi connectivity index (χ4n) is 0.364. The molecule has 0 aromatic heterocycles. The van der Waals surface area contributed by atoms with Gasteiger partial charge in [0.25, 0.3) is 5.91 Å². The molecule has 1 saturated heterocycles. The van der Waals surface area contributed by atoms with Crippen molar-refractivity contribution in [3.63, 3.8) is 0 Å². The van der Waals surface area contributed by atoms with E-state index >= 15 is 0 Å². The SMILES string of the molecule is O=CN1NSCC1=O. The second-order valence-electron chi connectivity index (χ2n) is 1.25. The van der Waals surface area contributed by atoms with Crippen LogP contribution in [0.4, 0.5) is 0 Å². The number of hydrogen-bond acceptors (Lipinski definition) is 4. The minimum absolute atomic E-state index is 0.190. The van der Waals surface area contributed by atoms with Gasteiger partial charge in [-0.25, -0.2) is 5.01 Å². The van der Waals surface area contributed by atoms with Crippen LogP contribution in [-0.2, 0) is 9.59 Å². The van der Waals surface area contributed by atoms with Gasteiger partial charge in [0.2, 0.25) is 6.41 Å². The van der Waals surface area contributed by atoms with E-state index in [1.165, 1.54) is 11.9 Å². The first kappa shape index (κ1) is 5.58. The molecule has 4 nitrogen and oxygen atoms in total. The summed E-state index contributed by atoms with van der Waals surface area (Å²) in [7, 11) is 0. The number of rotatable bonds is 1. The Labute approximate surface area is 50.3 Å². The summed E-state index contributed by atoms with van der Waals surface area (Å²) in [5, 5.41) is 0.921. The van der Waals surface area contributed by atoms with Crippen molar-refractivity contribution in [2.75, 3.05) is 5.75 Å². The van der Waals surface area contributed by atoms with Gasteiger partial charge in [-0.15, -0.1) is 0 Å². The maximum atomic E-state index is 10.4. The Morgan fingerprint density at radius 1 is 1.88 bits per heavy atom. The molecule has 2 amide bonds. The number of carbonyl (C=O) groups excluding carboxylic acids is 2. The van der Waals surface area contributed by atoms with Crippen molar-refractivity contribution < 1.29 is 9.59 Å². The third-order valence-electron chi connectivity index (χ3n) is 0.733. The average Bonchev–Trinajstić information content (AvgIpc) is 2.14. The van der Waals surface area contributed by atoms with Gasteiger partial charge in [0, 0.05) is 0 Å². The Morgan fingerprint density at radius 2 is 2.62 bits per heavy atom. The number of nitrogens with zero attached hydrogens (tertiary/aromatic N) is 1. The van der Waals surface area contributed by atoms with E-state index in [9.17, 15) is 9.59 Å². The number of hydrazine groups is 1. The molecule has 1 N–H and O–H groups in total. The van der Waals surface area contributed by atoms with E-state index in [2.05, 4.69) is 4.83 Å². The van der Waals surface area contributed by atoms with Crippen LogP contribution in [-0.4, -0.2) is 23.1 Å². The number of amides is 2. The van der Waals surface area contributed by atoms with E-state index in [0.29, 0.717) is 12.2 Å². The van der Waals surface area contributed by atoms with Crippen LogP contribution in [0.5, 0.6) is 0 Å². The standard InChI is InChI=1S/C3H4N2O2S/c6-2-5-3(7)1-8-4-5/h2,4H,1H2. The van der Waals surface area contributed by atoms with Crippen LogP contribution < -0.4 is 4.83 Å². The molecular formula is C3H4N2O2S. The quantitative estimate of drug-likeness (QED) is 0.372. The summed E-state index contributed by atoms with van der Waals surface area (Å²) in [6, 6.07) is 0. The smallest absolute Gasteiger partial charge is 0.255 e. The lowest BCUT2D eigenvalue weighted by Gasteiger charge is -2.00.